The quantitative estimate of drug-likeness (QED) is 0.299. The van der Waals surface area contributed by atoms with E-state index >= 15 is 0 Å². The third-order valence-corrected chi connectivity index (χ3v) is 4.85. The molecular weight excluding hydrogens is 431 g/mol. The van der Waals surface area contributed by atoms with Gasteiger partial charge in [-0.1, -0.05) is 60.1 Å². The van der Waals surface area contributed by atoms with Crippen molar-refractivity contribution in [2.24, 2.45) is 5.10 Å². The molecular formula is C24H18ClFN4O2. The molecule has 0 aliphatic rings. The first kappa shape index (κ1) is 21.3. The SMILES string of the molecule is O=c1cc(-c2ccccc2)nc(N/N=C/c2cccc(OCc3c(F)cccc3Cl)c2)[nH]1. The molecule has 0 atom stereocenters. The van der Waals surface area contributed by atoms with Gasteiger partial charge in [-0.2, -0.15) is 5.10 Å². The maximum absolute atomic E-state index is 13.9. The van der Waals surface area contributed by atoms with Crippen molar-refractivity contribution in [3.05, 3.63) is 111 Å². The van der Waals surface area contributed by atoms with Gasteiger partial charge in [0.25, 0.3) is 5.56 Å². The first-order valence-corrected chi connectivity index (χ1v) is 10.1. The van der Waals surface area contributed by atoms with Crippen LogP contribution >= 0.6 is 11.6 Å². The van der Waals surface area contributed by atoms with Crippen LogP contribution in [0.1, 0.15) is 11.1 Å². The summed E-state index contributed by atoms with van der Waals surface area (Å²) in [5.74, 6) is 0.332. The van der Waals surface area contributed by atoms with Crippen LogP contribution in [0.25, 0.3) is 11.3 Å². The van der Waals surface area contributed by atoms with E-state index in [2.05, 4.69) is 20.5 Å². The Morgan fingerprint density at radius 3 is 2.69 bits per heavy atom. The molecule has 3 aromatic carbocycles. The molecule has 0 bridgehead atoms. The van der Waals surface area contributed by atoms with Gasteiger partial charge in [-0.25, -0.2) is 14.8 Å². The van der Waals surface area contributed by atoms with E-state index in [0.717, 1.165) is 11.1 Å². The van der Waals surface area contributed by atoms with Gasteiger partial charge in [0.2, 0.25) is 5.95 Å². The fourth-order valence-electron chi connectivity index (χ4n) is 2.95. The van der Waals surface area contributed by atoms with Crippen molar-refractivity contribution in [2.75, 3.05) is 5.43 Å². The molecule has 0 aliphatic heterocycles. The van der Waals surface area contributed by atoms with Crippen LogP contribution in [-0.2, 0) is 6.61 Å². The summed E-state index contributed by atoms with van der Waals surface area (Å²) >= 11 is 6.03. The molecule has 0 saturated carbocycles. The zero-order valence-electron chi connectivity index (χ0n) is 16.8. The maximum atomic E-state index is 13.9. The number of ether oxygens (including phenoxy) is 1. The Hall–Kier alpha value is -3.97. The monoisotopic (exact) mass is 448 g/mol. The van der Waals surface area contributed by atoms with Gasteiger partial charge in [0.15, 0.2) is 0 Å². The molecule has 0 fully saturated rings. The van der Waals surface area contributed by atoms with Crippen LogP contribution in [0.3, 0.4) is 0 Å². The minimum absolute atomic E-state index is 0.00177. The Morgan fingerprint density at radius 2 is 1.88 bits per heavy atom. The van der Waals surface area contributed by atoms with Crippen molar-refractivity contribution in [2.45, 2.75) is 6.61 Å². The summed E-state index contributed by atoms with van der Waals surface area (Å²) in [6.45, 7) is 0.00177. The number of H-pyrrole nitrogens is 1. The maximum Gasteiger partial charge on any atom is 0.252 e. The normalized spacial score (nSPS) is 10.9. The number of halogens is 2. The van der Waals surface area contributed by atoms with Gasteiger partial charge in [0.05, 0.1) is 16.9 Å². The number of rotatable bonds is 7. The lowest BCUT2D eigenvalue weighted by Crippen LogP contribution is -2.10. The average molecular weight is 449 g/mol. The van der Waals surface area contributed by atoms with Crippen LogP contribution < -0.4 is 15.7 Å². The van der Waals surface area contributed by atoms with E-state index in [1.54, 1.807) is 36.5 Å². The highest BCUT2D eigenvalue weighted by Gasteiger charge is 2.08. The van der Waals surface area contributed by atoms with Crippen LogP contribution in [0.5, 0.6) is 5.75 Å². The van der Waals surface area contributed by atoms with Crippen LogP contribution in [-0.4, -0.2) is 16.2 Å². The summed E-state index contributed by atoms with van der Waals surface area (Å²) in [6.07, 6.45) is 1.55. The molecule has 1 aromatic heterocycles. The van der Waals surface area contributed by atoms with Gasteiger partial charge < -0.3 is 4.74 Å². The second-order valence-electron chi connectivity index (χ2n) is 6.78. The van der Waals surface area contributed by atoms with E-state index in [0.29, 0.717) is 22.0 Å². The highest BCUT2D eigenvalue weighted by Crippen LogP contribution is 2.22. The van der Waals surface area contributed by atoms with E-state index in [-0.39, 0.29) is 18.1 Å². The van der Waals surface area contributed by atoms with E-state index in [1.807, 2.05) is 36.4 Å². The van der Waals surface area contributed by atoms with Gasteiger partial charge in [0, 0.05) is 17.2 Å². The number of aromatic nitrogens is 2. The summed E-state index contributed by atoms with van der Waals surface area (Å²) in [5.41, 5.74) is 4.83. The highest BCUT2D eigenvalue weighted by atomic mass is 35.5. The largest absolute Gasteiger partial charge is 0.489 e. The van der Waals surface area contributed by atoms with Crippen LogP contribution in [0.4, 0.5) is 10.3 Å². The summed E-state index contributed by atoms with van der Waals surface area (Å²) in [4.78, 5) is 18.9. The number of nitrogens with one attached hydrogen (secondary N) is 2. The predicted molar refractivity (Wildman–Crippen MR) is 124 cm³/mol. The molecule has 0 amide bonds. The Morgan fingerprint density at radius 1 is 1.06 bits per heavy atom. The van der Waals surface area contributed by atoms with Crippen LogP contribution in [0, 0.1) is 5.82 Å². The van der Waals surface area contributed by atoms with E-state index in [1.165, 1.54) is 12.1 Å². The molecule has 160 valence electrons. The van der Waals surface area contributed by atoms with Gasteiger partial charge in [0.1, 0.15) is 18.2 Å². The summed E-state index contributed by atoms with van der Waals surface area (Å²) in [7, 11) is 0. The lowest BCUT2D eigenvalue weighted by molar-refractivity contribution is 0.300. The van der Waals surface area contributed by atoms with Gasteiger partial charge in [-0.05, 0) is 29.8 Å². The zero-order valence-corrected chi connectivity index (χ0v) is 17.5. The number of benzene rings is 3. The predicted octanol–water partition coefficient (Wildman–Crippen LogP) is 5.25. The summed E-state index contributed by atoms with van der Waals surface area (Å²) in [5, 5.41) is 4.44. The smallest absolute Gasteiger partial charge is 0.252 e. The number of nitrogens with zero attached hydrogens (tertiary/aromatic N) is 2. The molecule has 4 aromatic rings. The molecule has 0 unspecified atom stereocenters. The molecule has 0 saturated heterocycles. The van der Waals surface area contributed by atoms with Crippen LogP contribution in [0.15, 0.2) is 88.8 Å². The van der Waals surface area contributed by atoms with E-state index in [9.17, 15) is 9.18 Å². The van der Waals surface area contributed by atoms with Crippen molar-refractivity contribution >= 4 is 23.8 Å². The summed E-state index contributed by atoms with van der Waals surface area (Å²) < 4.78 is 19.6. The number of hydrazone groups is 1. The Kier molecular flexibility index (Phi) is 6.57. The molecule has 0 aliphatic carbocycles. The van der Waals surface area contributed by atoms with Crippen molar-refractivity contribution in [1.82, 2.24) is 9.97 Å². The Labute approximate surface area is 188 Å². The standard InChI is InChI=1S/C24H18ClFN4O2/c25-20-10-5-11-21(26)19(20)15-32-18-9-4-6-16(12-18)14-27-30-24-28-22(13-23(31)29-24)17-7-2-1-3-8-17/h1-14H,15H2,(H2,28,29,30,31)/b27-14+. The molecule has 6 nitrogen and oxygen atoms in total. The highest BCUT2D eigenvalue weighted by molar-refractivity contribution is 6.31. The van der Waals surface area contributed by atoms with Crippen molar-refractivity contribution in [1.29, 1.82) is 0 Å². The third-order valence-electron chi connectivity index (χ3n) is 4.50. The fraction of sp³-hybridized carbons (Fsp3) is 0.0417. The van der Waals surface area contributed by atoms with Crippen LogP contribution in [0.2, 0.25) is 5.02 Å². The van der Waals surface area contributed by atoms with Gasteiger partial charge >= 0.3 is 0 Å². The number of hydrogen-bond acceptors (Lipinski definition) is 5. The second-order valence-corrected chi connectivity index (χ2v) is 7.18. The topological polar surface area (TPSA) is 79.4 Å². The Bertz CT molecular complexity index is 1290. The minimum atomic E-state index is -0.418. The molecule has 0 spiro atoms. The lowest BCUT2D eigenvalue weighted by Gasteiger charge is -2.09. The first-order valence-electron chi connectivity index (χ1n) is 9.70. The fourth-order valence-corrected chi connectivity index (χ4v) is 3.16. The number of anilines is 1. The molecule has 32 heavy (non-hydrogen) atoms. The minimum Gasteiger partial charge on any atom is -0.489 e. The van der Waals surface area contributed by atoms with Crippen molar-refractivity contribution in [3.8, 4) is 17.0 Å². The molecule has 0 radical (unpaired) electrons. The molecule has 1 heterocycles. The zero-order chi connectivity index (χ0) is 22.3. The lowest BCUT2D eigenvalue weighted by atomic mass is 10.1. The molecule has 8 heteroatoms. The Balaban J connectivity index is 1.43. The van der Waals surface area contributed by atoms with Crippen molar-refractivity contribution in [3.63, 3.8) is 0 Å². The van der Waals surface area contributed by atoms with E-state index < -0.39 is 5.82 Å². The van der Waals surface area contributed by atoms with Gasteiger partial charge in [-0.3, -0.25) is 9.78 Å². The summed E-state index contributed by atoms with van der Waals surface area (Å²) in [6, 6.07) is 22.4. The van der Waals surface area contributed by atoms with Crippen molar-refractivity contribution < 1.29 is 9.13 Å². The van der Waals surface area contributed by atoms with E-state index in [4.69, 9.17) is 16.3 Å². The number of hydrogen-bond donors (Lipinski definition) is 2. The average Bonchev–Trinajstić information content (AvgIpc) is 2.79. The molecule has 2 N–H and O–H groups in total. The first-order chi connectivity index (χ1) is 15.6. The second kappa shape index (κ2) is 9.89. The number of aromatic amines is 1. The third kappa shape index (κ3) is 5.39. The van der Waals surface area contributed by atoms with Gasteiger partial charge in [-0.15, -0.1) is 0 Å². The molecule has 4 rings (SSSR count).